The number of hydrogen-bond donors (Lipinski definition) is 2. The van der Waals surface area contributed by atoms with Gasteiger partial charge in [0.05, 0.1) is 11.1 Å². The number of benzene rings is 1. The van der Waals surface area contributed by atoms with Gasteiger partial charge >= 0.3 is 12.4 Å². The maximum atomic E-state index is 12.7. The summed E-state index contributed by atoms with van der Waals surface area (Å²) in [7, 11) is 2.98. The van der Waals surface area contributed by atoms with E-state index in [2.05, 4.69) is 22.2 Å². The van der Waals surface area contributed by atoms with Gasteiger partial charge in [-0.2, -0.15) is 26.3 Å². The molecular weight excluding hydrogens is 498 g/mol. The van der Waals surface area contributed by atoms with Gasteiger partial charge in [-0.1, -0.05) is 31.6 Å². The van der Waals surface area contributed by atoms with Crippen LogP contribution in [0.4, 0.5) is 26.3 Å². The van der Waals surface area contributed by atoms with E-state index < -0.39 is 29.4 Å². The van der Waals surface area contributed by atoms with Gasteiger partial charge < -0.3 is 11.1 Å². The van der Waals surface area contributed by atoms with Gasteiger partial charge in [0.25, 0.3) is 0 Å². The van der Waals surface area contributed by atoms with Crippen molar-refractivity contribution in [3.8, 4) is 0 Å². The predicted octanol–water partition coefficient (Wildman–Crippen LogP) is 6.50. The number of primary amides is 1. The molecule has 0 saturated heterocycles. The van der Waals surface area contributed by atoms with Crippen LogP contribution in [0, 0.1) is 0 Å². The third-order valence-corrected chi connectivity index (χ3v) is 4.78. The maximum absolute atomic E-state index is 12.7. The normalized spacial score (nSPS) is 13.9. The number of aliphatic imine (C=N–C) groups is 2. The topological polar surface area (TPSA) is 79.8 Å². The average molecular weight is 533 g/mol. The zero-order chi connectivity index (χ0) is 28.8. The number of halogens is 6. The first-order valence-corrected chi connectivity index (χ1v) is 11.5. The molecule has 0 saturated carbocycles. The van der Waals surface area contributed by atoms with Crippen LogP contribution in [0.1, 0.15) is 57.2 Å². The van der Waals surface area contributed by atoms with E-state index >= 15 is 0 Å². The van der Waals surface area contributed by atoms with Crippen LogP contribution >= 0.6 is 0 Å². The number of amides is 1. The van der Waals surface area contributed by atoms with E-state index in [-0.39, 0.29) is 17.5 Å². The molecule has 0 aromatic heterocycles. The van der Waals surface area contributed by atoms with Gasteiger partial charge in [0, 0.05) is 38.0 Å². The highest BCUT2D eigenvalue weighted by Gasteiger charge is 2.37. The number of nitrogens with two attached hydrogens (primary N) is 1. The largest absolute Gasteiger partial charge is 0.416 e. The highest BCUT2D eigenvalue weighted by Crippen LogP contribution is 2.36. The Kier molecular flexibility index (Phi) is 14.3. The highest BCUT2D eigenvalue weighted by atomic mass is 19.4. The monoisotopic (exact) mass is 532 g/mol. The standard InChI is InChI=1S/C14H22N2O.C12H12F6N2/c1-5-7-13(14(15)17)12(8-9-16-4)10-11(3)6-2;1-3-20-10(19-2)7-4-8(11(13,14)15)6-9(5-7)12(16,17)18/h7-10H,5-6H2,1-4H3,(H2,15,17);4-6H,3H2,1-2H3,(H,19,20)/b11-10+,12-8+,13-7+,16-9?;. The molecule has 3 N–H and O–H groups in total. The molecule has 1 aromatic carbocycles. The average Bonchev–Trinajstić information content (AvgIpc) is 2.82. The lowest BCUT2D eigenvalue weighted by Crippen LogP contribution is -2.25. The van der Waals surface area contributed by atoms with Crippen molar-refractivity contribution >= 4 is 18.0 Å². The van der Waals surface area contributed by atoms with E-state index in [4.69, 9.17) is 5.73 Å². The summed E-state index contributed by atoms with van der Waals surface area (Å²) in [6, 6.07) is 1.36. The number of nitrogens with zero attached hydrogens (tertiary/aromatic N) is 2. The van der Waals surface area contributed by atoms with Gasteiger partial charge in [-0.15, -0.1) is 0 Å². The van der Waals surface area contributed by atoms with Crippen LogP contribution in [-0.2, 0) is 17.1 Å². The van der Waals surface area contributed by atoms with Gasteiger partial charge in [-0.05, 0) is 56.5 Å². The van der Waals surface area contributed by atoms with Crippen LogP contribution in [-0.4, -0.2) is 38.6 Å². The van der Waals surface area contributed by atoms with Crippen molar-refractivity contribution in [2.45, 2.75) is 52.9 Å². The Morgan fingerprint density at radius 1 is 1.00 bits per heavy atom. The Labute approximate surface area is 214 Å². The Morgan fingerprint density at radius 3 is 1.89 bits per heavy atom. The van der Waals surface area contributed by atoms with Crippen molar-refractivity contribution in [3.05, 3.63) is 69.8 Å². The lowest BCUT2D eigenvalue weighted by Gasteiger charge is -2.15. The van der Waals surface area contributed by atoms with E-state index in [0.29, 0.717) is 24.3 Å². The first-order valence-electron chi connectivity index (χ1n) is 11.5. The van der Waals surface area contributed by atoms with Crippen molar-refractivity contribution in [1.82, 2.24) is 5.32 Å². The van der Waals surface area contributed by atoms with Gasteiger partial charge in [0.15, 0.2) is 0 Å². The third-order valence-electron chi connectivity index (χ3n) is 4.78. The molecule has 1 aromatic rings. The lowest BCUT2D eigenvalue weighted by atomic mass is 10.0. The molecule has 0 spiro atoms. The fourth-order valence-electron chi connectivity index (χ4n) is 2.87. The minimum atomic E-state index is -4.86. The van der Waals surface area contributed by atoms with Crippen molar-refractivity contribution in [2.24, 2.45) is 15.7 Å². The summed E-state index contributed by atoms with van der Waals surface area (Å²) in [5.74, 6) is -0.424. The minimum absolute atomic E-state index is 0.0240. The van der Waals surface area contributed by atoms with Gasteiger partial charge in [0.2, 0.25) is 5.91 Å². The molecule has 1 rings (SSSR count). The molecule has 11 heteroatoms. The Balaban J connectivity index is 0.000000712. The Bertz CT molecular complexity index is 1020. The van der Waals surface area contributed by atoms with Crippen LogP contribution < -0.4 is 11.1 Å². The maximum Gasteiger partial charge on any atom is 0.416 e. The molecule has 0 heterocycles. The summed E-state index contributed by atoms with van der Waals surface area (Å²) < 4.78 is 76.0. The van der Waals surface area contributed by atoms with E-state index in [1.54, 1.807) is 20.2 Å². The molecule has 0 aliphatic heterocycles. The number of hydrogen-bond acceptors (Lipinski definition) is 3. The number of carbonyl (C=O) groups is 1. The first-order chi connectivity index (χ1) is 17.2. The molecule has 206 valence electrons. The molecule has 5 nitrogen and oxygen atoms in total. The second kappa shape index (κ2) is 15.7. The van der Waals surface area contributed by atoms with Crippen molar-refractivity contribution in [1.29, 1.82) is 0 Å². The number of amidine groups is 1. The van der Waals surface area contributed by atoms with E-state index in [0.717, 1.165) is 18.4 Å². The minimum Gasteiger partial charge on any atom is -0.370 e. The second-order valence-corrected chi connectivity index (χ2v) is 7.66. The number of alkyl halides is 6. The van der Waals surface area contributed by atoms with Crippen molar-refractivity contribution in [2.75, 3.05) is 20.6 Å². The Hall–Kier alpha value is -3.37. The molecule has 0 fully saturated rings. The molecule has 1 amide bonds. The van der Waals surface area contributed by atoms with Gasteiger partial charge in [0.1, 0.15) is 5.84 Å². The number of rotatable bonds is 8. The van der Waals surface area contributed by atoms with Crippen LogP contribution in [0.5, 0.6) is 0 Å². The zero-order valence-electron chi connectivity index (χ0n) is 21.8. The van der Waals surface area contributed by atoms with E-state index in [9.17, 15) is 31.1 Å². The van der Waals surface area contributed by atoms with Gasteiger partial charge in [-0.25, -0.2) is 0 Å². The summed E-state index contributed by atoms with van der Waals surface area (Å²) in [6.45, 7) is 8.06. The van der Waals surface area contributed by atoms with Crippen LogP contribution in [0.25, 0.3) is 0 Å². The smallest absolute Gasteiger partial charge is 0.370 e. The number of allylic oxidation sites excluding steroid dienone is 4. The highest BCUT2D eigenvalue weighted by molar-refractivity contribution is 5.99. The summed E-state index contributed by atoms with van der Waals surface area (Å²) in [6.07, 6.45) is -0.698. The van der Waals surface area contributed by atoms with Gasteiger partial charge in [-0.3, -0.25) is 14.8 Å². The quantitative estimate of drug-likeness (QED) is 0.132. The SMILES string of the molecule is CCNC(=NC)c1cc(C(F)(F)F)cc(C(F)(F)F)c1.CC\C=C(C(N)=O)/C(/C=C(\C)CC)=C/C=NC. The molecule has 0 aliphatic carbocycles. The molecule has 0 bridgehead atoms. The summed E-state index contributed by atoms with van der Waals surface area (Å²) in [5.41, 5.74) is 5.00. The molecule has 0 atom stereocenters. The number of carbonyl (C=O) groups excluding carboxylic acids is 1. The molecule has 0 unspecified atom stereocenters. The summed E-state index contributed by atoms with van der Waals surface area (Å²) in [5, 5.41) is 2.62. The zero-order valence-corrected chi connectivity index (χ0v) is 21.8. The molecule has 37 heavy (non-hydrogen) atoms. The predicted molar refractivity (Wildman–Crippen MR) is 137 cm³/mol. The fourth-order valence-corrected chi connectivity index (χ4v) is 2.87. The van der Waals surface area contributed by atoms with E-state index in [1.807, 2.05) is 32.1 Å². The second-order valence-electron chi connectivity index (χ2n) is 7.66. The van der Waals surface area contributed by atoms with Crippen LogP contribution in [0.15, 0.2) is 63.1 Å². The summed E-state index contributed by atoms with van der Waals surface area (Å²) >= 11 is 0. The van der Waals surface area contributed by atoms with Crippen LogP contribution in [0.3, 0.4) is 0 Å². The molecule has 0 radical (unpaired) electrons. The molecule has 0 aliphatic rings. The molecular formula is C26H34F6N4O. The van der Waals surface area contributed by atoms with Crippen molar-refractivity contribution < 1.29 is 31.1 Å². The van der Waals surface area contributed by atoms with Crippen molar-refractivity contribution in [3.63, 3.8) is 0 Å². The first kappa shape index (κ1) is 33.6. The third kappa shape index (κ3) is 11.9. The fraction of sp³-hybridized carbons (Fsp3) is 0.423. The number of nitrogens with one attached hydrogen (secondary N) is 1. The van der Waals surface area contributed by atoms with E-state index in [1.165, 1.54) is 12.6 Å². The summed E-state index contributed by atoms with van der Waals surface area (Å²) in [4.78, 5) is 19.0. The van der Waals surface area contributed by atoms with Crippen LogP contribution in [0.2, 0.25) is 0 Å². The lowest BCUT2D eigenvalue weighted by molar-refractivity contribution is -0.143. The Morgan fingerprint density at radius 2 is 1.54 bits per heavy atom.